The molecule has 2 aromatic rings. The van der Waals surface area contributed by atoms with Crippen LogP contribution in [0.25, 0.3) is 0 Å². The third-order valence-corrected chi connectivity index (χ3v) is 3.58. The van der Waals surface area contributed by atoms with Crippen LogP contribution in [0.5, 0.6) is 5.75 Å². The first-order chi connectivity index (χ1) is 10.1. The second kappa shape index (κ2) is 5.44. The maximum Gasteiger partial charge on any atom is 0.258 e. The van der Waals surface area contributed by atoms with Crippen LogP contribution < -0.4 is 5.73 Å². The number of nitrogens with zero attached hydrogens (tertiary/aromatic N) is 2. The SMILES string of the molecule is Nc1cccc(CN(C(=O)c2ccncc2O)C2CC2)c1. The number of hydrogen-bond donors (Lipinski definition) is 2. The van der Waals surface area contributed by atoms with Gasteiger partial charge >= 0.3 is 0 Å². The van der Waals surface area contributed by atoms with Gasteiger partial charge in [0.1, 0.15) is 5.75 Å². The highest BCUT2D eigenvalue weighted by Crippen LogP contribution is 2.31. The van der Waals surface area contributed by atoms with Crippen molar-refractivity contribution in [3.05, 3.63) is 53.9 Å². The van der Waals surface area contributed by atoms with Crippen molar-refractivity contribution in [3.63, 3.8) is 0 Å². The Morgan fingerprint density at radius 3 is 2.86 bits per heavy atom. The van der Waals surface area contributed by atoms with Crippen molar-refractivity contribution >= 4 is 11.6 Å². The van der Waals surface area contributed by atoms with Crippen LogP contribution in [0.4, 0.5) is 5.69 Å². The molecule has 21 heavy (non-hydrogen) atoms. The van der Waals surface area contributed by atoms with E-state index in [1.165, 1.54) is 12.4 Å². The molecule has 0 bridgehead atoms. The quantitative estimate of drug-likeness (QED) is 0.843. The van der Waals surface area contributed by atoms with E-state index < -0.39 is 0 Å². The summed E-state index contributed by atoms with van der Waals surface area (Å²) in [7, 11) is 0. The number of amides is 1. The van der Waals surface area contributed by atoms with Gasteiger partial charge < -0.3 is 15.7 Å². The van der Waals surface area contributed by atoms with Gasteiger partial charge in [0.2, 0.25) is 0 Å². The summed E-state index contributed by atoms with van der Waals surface area (Å²) in [6.07, 6.45) is 4.80. The normalized spacial score (nSPS) is 13.9. The van der Waals surface area contributed by atoms with Crippen LogP contribution in [0.15, 0.2) is 42.7 Å². The largest absolute Gasteiger partial charge is 0.505 e. The van der Waals surface area contributed by atoms with Gasteiger partial charge in [-0.05, 0) is 36.6 Å². The monoisotopic (exact) mass is 283 g/mol. The standard InChI is InChI=1S/C16H17N3O2/c17-12-3-1-2-11(8-12)10-19(13-4-5-13)16(21)14-6-7-18-9-15(14)20/h1-3,6-9,13,20H,4-5,10,17H2. The molecule has 0 aliphatic heterocycles. The Morgan fingerprint density at radius 2 is 2.19 bits per heavy atom. The van der Waals surface area contributed by atoms with Gasteiger partial charge in [-0.1, -0.05) is 12.1 Å². The van der Waals surface area contributed by atoms with Gasteiger partial charge in [0.05, 0.1) is 11.8 Å². The van der Waals surface area contributed by atoms with Crippen LogP contribution in [0.1, 0.15) is 28.8 Å². The summed E-state index contributed by atoms with van der Waals surface area (Å²) in [5.41, 5.74) is 7.75. The molecule has 0 unspecified atom stereocenters. The molecule has 0 saturated heterocycles. The molecule has 0 spiro atoms. The lowest BCUT2D eigenvalue weighted by Gasteiger charge is -2.23. The van der Waals surface area contributed by atoms with E-state index >= 15 is 0 Å². The fraction of sp³-hybridized carbons (Fsp3) is 0.250. The summed E-state index contributed by atoms with van der Waals surface area (Å²) in [4.78, 5) is 18.2. The number of carbonyl (C=O) groups is 1. The maximum absolute atomic E-state index is 12.6. The molecule has 108 valence electrons. The molecule has 1 heterocycles. The van der Waals surface area contributed by atoms with Crippen LogP contribution >= 0.6 is 0 Å². The van der Waals surface area contributed by atoms with Crippen LogP contribution in [-0.2, 0) is 6.54 Å². The maximum atomic E-state index is 12.6. The topological polar surface area (TPSA) is 79.5 Å². The summed E-state index contributed by atoms with van der Waals surface area (Å²) in [5.74, 6) is -0.249. The molecule has 1 aliphatic carbocycles. The van der Waals surface area contributed by atoms with Gasteiger partial charge in [0, 0.05) is 24.5 Å². The zero-order chi connectivity index (χ0) is 14.8. The molecule has 0 radical (unpaired) electrons. The zero-order valence-corrected chi connectivity index (χ0v) is 11.6. The van der Waals surface area contributed by atoms with E-state index in [1.807, 2.05) is 24.3 Å². The minimum Gasteiger partial charge on any atom is -0.505 e. The molecule has 1 saturated carbocycles. The van der Waals surface area contributed by atoms with E-state index in [9.17, 15) is 9.90 Å². The summed E-state index contributed by atoms with van der Waals surface area (Å²) >= 11 is 0. The summed E-state index contributed by atoms with van der Waals surface area (Å²) < 4.78 is 0. The van der Waals surface area contributed by atoms with Gasteiger partial charge in [-0.25, -0.2) is 0 Å². The number of rotatable bonds is 4. The Kier molecular flexibility index (Phi) is 3.48. The fourth-order valence-corrected chi connectivity index (χ4v) is 2.36. The molecular weight excluding hydrogens is 266 g/mol. The van der Waals surface area contributed by atoms with E-state index in [-0.39, 0.29) is 17.7 Å². The Morgan fingerprint density at radius 1 is 1.38 bits per heavy atom. The second-order valence-corrected chi connectivity index (χ2v) is 5.30. The average molecular weight is 283 g/mol. The second-order valence-electron chi connectivity index (χ2n) is 5.30. The molecule has 5 heteroatoms. The van der Waals surface area contributed by atoms with E-state index in [4.69, 9.17) is 5.73 Å². The highest BCUT2D eigenvalue weighted by Gasteiger charge is 2.33. The number of benzene rings is 1. The number of aromatic nitrogens is 1. The van der Waals surface area contributed by atoms with E-state index in [1.54, 1.807) is 11.0 Å². The number of anilines is 1. The van der Waals surface area contributed by atoms with Crippen LogP contribution in [-0.4, -0.2) is 26.9 Å². The van der Waals surface area contributed by atoms with Crippen molar-refractivity contribution in [2.24, 2.45) is 0 Å². The predicted octanol–water partition coefficient (Wildman–Crippen LogP) is 2.17. The number of carbonyl (C=O) groups excluding carboxylic acids is 1. The molecular formula is C16H17N3O2. The molecule has 1 amide bonds. The first kappa shape index (κ1) is 13.4. The minimum absolute atomic E-state index is 0.0827. The summed E-state index contributed by atoms with van der Waals surface area (Å²) in [6, 6.07) is 9.31. The molecule has 0 atom stereocenters. The van der Waals surface area contributed by atoms with Gasteiger partial charge in [0.25, 0.3) is 5.91 Å². The van der Waals surface area contributed by atoms with Crippen LogP contribution in [0.2, 0.25) is 0 Å². The van der Waals surface area contributed by atoms with Crippen LogP contribution in [0.3, 0.4) is 0 Å². The number of aromatic hydroxyl groups is 1. The number of pyridine rings is 1. The first-order valence-electron chi connectivity index (χ1n) is 6.93. The Labute approximate surface area is 123 Å². The Hall–Kier alpha value is -2.56. The lowest BCUT2D eigenvalue weighted by molar-refractivity contribution is 0.0726. The first-order valence-corrected chi connectivity index (χ1v) is 6.93. The third-order valence-electron chi connectivity index (χ3n) is 3.58. The number of nitrogen functional groups attached to an aromatic ring is 1. The highest BCUT2D eigenvalue weighted by atomic mass is 16.3. The van der Waals surface area contributed by atoms with Crippen molar-refractivity contribution in [2.75, 3.05) is 5.73 Å². The smallest absolute Gasteiger partial charge is 0.258 e. The third kappa shape index (κ3) is 2.97. The number of nitrogens with two attached hydrogens (primary N) is 1. The molecule has 1 aliphatic rings. The van der Waals surface area contributed by atoms with Gasteiger partial charge in [0.15, 0.2) is 0 Å². The number of hydrogen-bond acceptors (Lipinski definition) is 4. The van der Waals surface area contributed by atoms with Crippen LogP contribution in [0, 0.1) is 0 Å². The molecule has 3 N–H and O–H groups in total. The Balaban J connectivity index is 1.85. The van der Waals surface area contributed by atoms with Crippen molar-refractivity contribution in [1.29, 1.82) is 0 Å². The molecule has 1 fully saturated rings. The van der Waals surface area contributed by atoms with Crippen molar-refractivity contribution in [2.45, 2.75) is 25.4 Å². The predicted molar refractivity (Wildman–Crippen MR) is 79.7 cm³/mol. The van der Waals surface area contributed by atoms with Gasteiger partial charge in [-0.3, -0.25) is 9.78 Å². The van der Waals surface area contributed by atoms with E-state index in [2.05, 4.69) is 4.98 Å². The lowest BCUT2D eigenvalue weighted by Crippen LogP contribution is -2.32. The average Bonchev–Trinajstić information content (AvgIpc) is 3.29. The van der Waals surface area contributed by atoms with E-state index in [0.717, 1.165) is 18.4 Å². The Bertz CT molecular complexity index is 668. The molecule has 5 nitrogen and oxygen atoms in total. The lowest BCUT2D eigenvalue weighted by atomic mass is 10.1. The highest BCUT2D eigenvalue weighted by molar-refractivity contribution is 5.97. The van der Waals surface area contributed by atoms with Crippen molar-refractivity contribution in [3.8, 4) is 5.75 Å². The summed E-state index contributed by atoms with van der Waals surface area (Å²) in [6.45, 7) is 0.496. The minimum atomic E-state index is -0.167. The summed E-state index contributed by atoms with van der Waals surface area (Å²) in [5, 5.41) is 9.81. The van der Waals surface area contributed by atoms with Crippen molar-refractivity contribution in [1.82, 2.24) is 9.88 Å². The zero-order valence-electron chi connectivity index (χ0n) is 11.6. The van der Waals surface area contributed by atoms with Gasteiger partial charge in [-0.15, -0.1) is 0 Å². The van der Waals surface area contributed by atoms with E-state index in [0.29, 0.717) is 17.8 Å². The van der Waals surface area contributed by atoms with Crippen molar-refractivity contribution < 1.29 is 9.90 Å². The molecule has 1 aromatic heterocycles. The fourth-order valence-electron chi connectivity index (χ4n) is 2.36. The molecule has 1 aromatic carbocycles. The van der Waals surface area contributed by atoms with Gasteiger partial charge in [-0.2, -0.15) is 0 Å². The molecule has 3 rings (SSSR count).